The number of carbonyl (C=O) groups excluding carboxylic acids is 1. The summed E-state index contributed by atoms with van der Waals surface area (Å²) in [6.45, 7) is -0.972. The normalized spacial score (nSPS) is 12.9. The average molecular weight is 868 g/mol. The third-order valence-corrected chi connectivity index (χ3v) is 12.1. The second-order valence-corrected chi connectivity index (χ2v) is 18.3. The first-order valence-electron chi connectivity index (χ1n) is 14.3. The van der Waals surface area contributed by atoms with E-state index in [-0.39, 0.29) is 45.9 Å². The molecule has 1 amide bonds. The molecule has 5 rings (SSSR count). The fraction of sp³-hybridized carbons (Fsp3) is 0.0690. The third-order valence-electron chi connectivity index (χ3n) is 7.36. The first kappa shape index (κ1) is 43.8. The van der Waals surface area contributed by atoms with Gasteiger partial charge in [-0.1, -0.05) is 30.3 Å². The van der Waals surface area contributed by atoms with Crippen LogP contribution in [0.4, 0.5) is 17.1 Å². The van der Waals surface area contributed by atoms with E-state index in [1.807, 2.05) is 0 Å². The predicted octanol–water partition coefficient (Wildman–Crippen LogP) is 0.361. The summed E-state index contributed by atoms with van der Waals surface area (Å²) in [6.07, 6.45) is 0. The van der Waals surface area contributed by atoms with Gasteiger partial charge in [0.25, 0.3) is 26.1 Å². The van der Waals surface area contributed by atoms with E-state index in [1.54, 1.807) is 6.07 Å². The molecule has 0 saturated carbocycles. The van der Waals surface area contributed by atoms with E-state index in [4.69, 9.17) is 4.55 Å². The van der Waals surface area contributed by atoms with Gasteiger partial charge < -0.3 is 15.0 Å². The van der Waals surface area contributed by atoms with Crippen molar-refractivity contribution in [2.45, 2.75) is 19.6 Å². The number of hydrogen-bond acceptors (Lipinski definition) is 16. The van der Waals surface area contributed by atoms with Crippen molar-refractivity contribution in [2.24, 2.45) is 10.2 Å². The molecule has 20 nitrogen and oxygen atoms in total. The number of sulfone groups is 1. The Morgan fingerprint density at radius 1 is 0.745 bits per heavy atom. The fourth-order valence-corrected chi connectivity index (χ4v) is 8.61. The van der Waals surface area contributed by atoms with E-state index >= 15 is 0 Å². The smallest absolute Gasteiger partial charge is 0.744 e. The molecule has 0 unspecified atom stereocenters. The summed E-state index contributed by atoms with van der Waals surface area (Å²) in [5, 5.41) is 19.4. The van der Waals surface area contributed by atoms with Crippen LogP contribution in [-0.4, -0.2) is 83.7 Å². The SMILES string of the molecule is O=C(Nc1cc(S(=O)(=O)O)cc2cc(S(=O)(=O)[O-])c(N=Nc3ccc4cc(S(=O)(=O)CCOS(=O)(=O)O)ccc4c3S(=O)(=O)O)c(O)c12)c1ccccc1.[Na+]. The third kappa shape index (κ3) is 10.1. The van der Waals surface area contributed by atoms with E-state index in [1.165, 1.54) is 24.3 Å². The molecule has 0 saturated heterocycles. The van der Waals surface area contributed by atoms with Crippen LogP contribution in [0.5, 0.6) is 5.75 Å². The average Bonchev–Trinajstić information content (AvgIpc) is 3.05. The van der Waals surface area contributed by atoms with Gasteiger partial charge in [-0.15, -0.1) is 10.2 Å². The Morgan fingerprint density at radius 3 is 1.96 bits per heavy atom. The van der Waals surface area contributed by atoms with Crippen LogP contribution in [0, 0.1) is 0 Å². The summed E-state index contributed by atoms with van der Waals surface area (Å²) in [4.78, 5) is 9.31. The molecule has 5 N–H and O–H groups in total. The van der Waals surface area contributed by atoms with E-state index in [0.717, 1.165) is 30.3 Å². The first-order chi connectivity index (χ1) is 24.9. The van der Waals surface area contributed by atoms with Gasteiger partial charge in [0.05, 0.1) is 32.7 Å². The molecule has 55 heavy (non-hydrogen) atoms. The molecule has 0 atom stereocenters. The van der Waals surface area contributed by atoms with Crippen molar-refractivity contribution in [1.82, 2.24) is 0 Å². The Hall–Kier alpha value is -3.96. The molecule has 0 fully saturated rings. The molecule has 0 heterocycles. The molecule has 0 bridgehead atoms. The van der Waals surface area contributed by atoms with Crippen LogP contribution < -0.4 is 34.9 Å². The van der Waals surface area contributed by atoms with Crippen molar-refractivity contribution in [2.75, 3.05) is 17.7 Å². The molecule has 0 aliphatic carbocycles. The van der Waals surface area contributed by atoms with E-state index in [9.17, 15) is 65.6 Å². The minimum absolute atomic E-state index is 0. The zero-order valence-electron chi connectivity index (χ0n) is 27.5. The molecule has 5 aromatic carbocycles. The van der Waals surface area contributed by atoms with Gasteiger partial charge in [0.1, 0.15) is 26.4 Å². The minimum Gasteiger partial charge on any atom is -0.744 e. The van der Waals surface area contributed by atoms with Crippen molar-refractivity contribution in [3.8, 4) is 5.75 Å². The van der Waals surface area contributed by atoms with Crippen LogP contribution in [0.1, 0.15) is 10.4 Å². The number of hydrogen-bond donors (Lipinski definition) is 5. The molecular weight excluding hydrogens is 846 g/mol. The molecule has 0 aliphatic rings. The molecule has 0 spiro atoms. The van der Waals surface area contributed by atoms with Gasteiger partial charge in [0, 0.05) is 16.3 Å². The number of rotatable bonds is 12. The van der Waals surface area contributed by atoms with E-state index in [2.05, 4.69) is 19.7 Å². The van der Waals surface area contributed by atoms with Crippen LogP contribution in [0.2, 0.25) is 0 Å². The molecule has 0 radical (unpaired) electrons. The zero-order chi connectivity index (χ0) is 40.0. The number of carbonyl (C=O) groups is 1. The summed E-state index contributed by atoms with van der Waals surface area (Å²) in [7, 11) is -25.2. The standard InChI is InChI=1S/C29H23N3O17S5.Na/c33-27-25-18(13-20(51(37,38)39)15-23(25)30-29(34)16-4-2-1-3-5-16)14-24(52(40,41)42)26(27)32-31-22-9-6-17-12-19(7-8-21(17)28(22)53(43,44)45)50(35,36)11-10-49-54(46,47)48;/h1-9,12-15,33H,10-11H2,(H,30,34)(H,37,38,39)(H,40,41,42)(H,43,44,45)(H,46,47,48);/q;+1/p-1. The Balaban J connectivity index is 0.00000673. The first-order valence-corrected chi connectivity index (χ1v) is 21.6. The summed E-state index contributed by atoms with van der Waals surface area (Å²) >= 11 is 0. The van der Waals surface area contributed by atoms with Crippen LogP contribution in [0.25, 0.3) is 21.5 Å². The number of phenolic OH excluding ortho intramolecular Hbond substituents is 1. The Bertz CT molecular complexity index is 2980. The van der Waals surface area contributed by atoms with Gasteiger partial charge in [-0.2, -0.15) is 25.3 Å². The molecule has 286 valence electrons. The number of aromatic hydroxyl groups is 1. The molecule has 5 aromatic rings. The maximum absolute atomic E-state index is 13.0. The molecule has 0 aromatic heterocycles. The molecular formula is C29H22N3NaO17S5. The van der Waals surface area contributed by atoms with Crippen molar-refractivity contribution in [3.05, 3.63) is 84.4 Å². The topological polar surface area (TPSA) is 338 Å². The van der Waals surface area contributed by atoms with Gasteiger partial charge in [0.2, 0.25) is 0 Å². The van der Waals surface area contributed by atoms with Crippen LogP contribution in [0.15, 0.2) is 109 Å². The van der Waals surface area contributed by atoms with Crippen molar-refractivity contribution in [3.63, 3.8) is 0 Å². The van der Waals surface area contributed by atoms with Crippen molar-refractivity contribution < 1.29 is 104 Å². The minimum atomic E-state index is -5.63. The number of nitrogens with zero attached hydrogens (tertiary/aromatic N) is 2. The fourth-order valence-electron chi connectivity index (χ4n) is 5.06. The Kier molecular flexibility index (Phi) is 12.6. The maximum Gasteiger partial charge on any atom is 1.00 e. The zero-order valence-corrected chi connectivity index (χ0v) is 33.5. The summed E-state index contributed by atoms with van der Waals surface area (Å²) in [5.41, 5.74) is -2.37. The van der Waals surface area contributed by atoms with Crippen LogP contribution in [0.3, 0.4) is 0 Å². The number of phenols is 1. The molecule has 0 aliphatic heterocycles. The van der Waals surface area contributed by atoms with Gasteiger partial charge >= 0.3 is 40.0 Å². The van der Waals surface area contributed by atoms with Gasteiger partial charge in [-0.3, -0.25) is 18.5 Å². The monoisotopic (exact) mass is 867 g/mol. The number of anilines is 1. The van der Waals surface area contributed by atoms with Crippen molar-refractivity contribution in [1.29, 1.82) is 0 Å². The number of fused-ring (bicyclic) bond motifs is 2. The summed E-state index contributed by atoms with van der Waals surface area (Å²) < 4.78 is 166. The summed E-state index contributed by atoms with van der Waals surface area (Å²) in [5.74, 6) is -3.01. The second kappa shape index (κ2) is 15.9. The largest absolute Gasteiger partial charge is 1.00 e. The Morgan fingerprint density at radius 2 is 1.38 bits per heavy atom. The Labute approximate surface area is 334 Å². The predicted molar refractivity (Wildman–Crippen MR) is 185 cm³/mol. The van der Waals surface area contributed by atoms with Gasteiger partial charge in [-0.25, -0.2) is 21.0 Å². The van der Waals surface area contributed by atoms with Crippen molar-refractivity contribution >= 4 is 95.1 Å². The number of benzene rings is 5. The van der Waals surface area contributed by atoms with Gasteiger partial charge in [0.15, 0.2) is 15.6 Å². The van der Waals surface area contributed by atoms with E-state index < -0.39 is 122 Å². The van der Waals surface area contributed by atoms with Crippen LogP contribution in [-0.2, 0) is 54.8 Å². The van der Waals surface area contributed by atoms with E-state index in [0.29, 0.717) is 18.2 Å². The number of azo groups is 1. The number of amides is 1. The quantitative estimate of drug-likeness (QED) is 0.0642. The second-order valence-electron chi connectivity index (χ2n) is 10.9. The van der Waals surface area contributed by atoms with Crippen LogP contribution >= 0.6 is 0 Å². The summed E-state index contributed by atoms with van der Waals surface area (Å²) in [6, 6.07) is 13.9. The molecule has 26 heteroatoms. The maximum atomic E-state index is 13.0. The number of nitrogens with one attached hydrogen (secondary N) is 1. The van der Waals surface area contributed by atoms with Gasteiger partial charge in [-0.05, 0) is 59.3 Å².